The molecule has 2 aromatic rings. The van der Waals surface area contributed by atoms with Crippen LogP contribution in [0.25, 0.3) is 0 Å². The summed E-state index contributed by atoms with van der Waals surface area (Å²) in [5.74, 6) is -0.429. The molecule has 0 aliphatic rings. The number of rotatable bonds is 7. The van der Waals surface area contributed by atoms with E-state index in [1.54, 1.807) is 6.07 Å². The van der Waals surface area contributed by atoms with Gasteiger partial charge in [0, 0.05) is 19.3 Å². The van der Waals surface area contributed by atoms with Crippen LogP contribution in [0.4, 0.5) is 17.6 Å². The number of benzene rings is 2. The predicted molar refractivity (Wildman–Crippen MR) is 108 cm³/mol. The molecule has 0 heterocycles. The molecule has 30 heavy (non-hydrogen) atoms. The number of halogens is 4. The van der Waals surface area contributed by atoms with Crippen molar-refractivity contribution in [2.24, 2.45) is 4.99 Å². The summed E-state index contributed by atoms with van der Waals surface area (Å²) in [6.07, 6.45) is -3.34. The SMILES string of the molecule is CCNC(=NCc1cccc(C(F)(F)F)c1)NCc1cc(F)ccc1CS(C)(=O)=O. The third-order valence-electron chi connectivity index (χ3n) is 4.05. The Morgan fingerprint density at radius 3 is 2.43 bits per heavy atom. The molecule has 0 aromatic heterocycles. The molecule has 2 N–H and O–H groups in total. The second-order valence-corrected chi connectivity index (χ2v) is 8.87. The van der Waals surface area contributed by atoms with Crippen molar-refractivity contribution in [1.29, 1.82) is 0 Å². The molecule has 0 saturated heterocycles. The summed E-state index contributed by atoms with van der Waals surface area (Å²) in [6.45, 7) is 2.40. The van der Waals surface area contributed by atoms with Gasteiger partial charge in [-0.15, -0.1) is 0 Å². The molecule has 0 aliphatic carbocycles. The van der Waals surface area contributed by atoms with Gasteiger partial charge in [0.1, 0.15) is 5.82 Å². The van der Waals surface area contributed by atoms with E-state index in [4.69, 9.17) is 0 Å². The van der Waals surface area contributed by atoms with Crippen molar-refractivity contribution in [2.45, 2.75) is 31.9 Å². The average molecular weight is 445 g/mol. The van der Waals surface area contributed by atoms with Crippen LogP contribution < -0.4 is 10.6 Å². The van der Waals surface area contributed by atoms with E-state index in [9.17, 15) is 26.0 Å². The fourth-order valence-corrected chi connectivity index (χ4v) is 3.57. The van der Waals surface area contributed by atoms with Crippen molar-refractivity contribution >= 4 is 15.8 Å². The summed E-state index contributed by atoms with van der Waals surface area (Å²) < 4.78 is 75.4. The number of nitrogens with zero attached hydrogens (tertiary/aromatic N) is 1. The van der Waals surface area contributed by atoms with Crippen LogP contribution in [0.3, 0.4) is 0 Å². The number of aliphatic imine (C=N–C) groups is 1. The lowest BCUT2D eigenvalue weighted by Crippen LogP contribution is -2.37. The molecular formula is C20H23F4N3O2S. The molecule has 10 heteroatoms. The summed E-state index contributed by atoms with van der Waals surface area (Å²) in [7, 11) is -3.31. The van der Waals surface area contributed by atoms with E-state index in [1.165, 1.54) is 24.3 Å². The normalized spacial score (nSPS) is 12.7. The van der Waals surface area contributed by atoms with Gasteiger partial charge >= 0.3 is 6.18 Å². The predicted octanol–water partition coefficient (Wildman–Crippen LogP) is 3.64. The number of guanidine groups is 1. The minimum Gasteiger partial charge on any atom is -0.357 e. The Bertz CT molecular complexity index is 1010. The zero-order valence-corrected chi connectivity index (χ0v) is 17.4. The number of nitrogens with one attached hydrogen (secondary N) is 2. The lowest BCUT2D eigenvalue weighted by Gasteiger charge is -2.14. The van der Waals surface area contributed by atoms with Crippen LogP contribution in [0.2, 0.25) is 0 Å². The Morgan fingerprint density at radius 2 is 1.80 bits per heavy atom. The van der Waals surface area contributed by atoms with Crippen molar-refractivity contribution < 1.29 is 26.0 Å². The highest BCUT2D eigenvalue weighted by molar-refractivity contribution is 7.89. The lowest BCUT2D eigenvalue weighted by molar-refractivity contribution is -0.137. The van der Waals surface area contributed by atoms with Crippen molar-refractivity contribution in [3.05, 3.63) is 70.5 Å². The second kappa shape index (κ2) is 9.92. The van der Waals surface area contributed by atoms with E-state index in [1.807, 2.05) is 6.92 Å². The summed E-state index contributed by atoms with van der Waals surface area (Å²) in [4.78, 5) is 4.26. The average Bonchev–Trinajstić information content (AvgIpc) is 2.64. The topological polar surface area (TPSA) is 70.6 Å². The van der Waals surface area contributed by atoms with Crippen molar-refractivity contribution in [1.82, 2.24) is 10.6 Å². The number of sulfone groups is 1. The Balaban J connectivity index is 2.16. The summed E-state index contributed by atoms with van der Waals surface area (Å²) >= 11 is 0. The first-order valence-corrected chi connectivity index (χ1v) is 11.2. The number of alkyl halides is 3. The van der Waals surface area contributed by atoms with Crippen molar-refractivity contribution in [2.75, 3.05) is 12.8 Å². The van der Waals surface area contributed by atoms with Crippen LogP contribution in [0.1, 0.15) is 29.2 Å². The van der Waals surface area contributed by atoms with Gasteiger partial charge in [0.2, 0.25) is 0 Å². The van der Waals surface area contributed by atoms with Crippen LogP contribution >= 0.6 is 0 Å². The van der Waals surface area contributed by atoms with E-state index in [2.05, 4.69) is 15.6 Å². The molecule has 0 fully saturated rings. The molecular weight excluding hydrogens is 422 g/mol. The van der Waals surface area contributed by atoms with E-state index in [-0.39, 0.29) is 18.8 Å². The van der Waals surface area contributed by atoms with Crippen LogP contribution in [-0.2, 0) is 34.9 Å². The lowest BCUT2D eigenvalue weighted by atomic mass is 10.1. The van der Waals surface area contributed by atoms with Gasteiger partial charge in [0.05, 0.1) is 17.9 Å². The standard InChI is InChI=1S/C20H23F4N3O2S/c1-3-25-19(26-11-14-5-4-6-17(9-14)20(22,23)24)27-12-16-10-18(21)8-7-15(16)13-30(2,28)29/h4-10H,3,11-13H2,1-2H3,(H2,25,26,27). The Morgan fingerprint density at radius 1 is 1.07 bits per heavy atom. The van der Waals surface area contributed by atoms with Gasteiger partial charge in [-0.2, -0.15) is 13.2 Å². The first-order chi connectivity index (χ1) is 14.0. The maximum Gasteiger partial charge on any atom is 0.416 e. The van der Waals surface area contributed by atoms with Gasteiger partial charge in [-0.25, -0.2) is 17.8 Å². The summed E-state index contributed by atoms with van der Waals surface area (Å²) in [6, 6.07) is 8.73. The van der Waals surface area contributed by atoms with Crippen LogP contribution in [0.5, 0.6) is 0 Å². The van der Waals surface area contributed by atoms with Gasteiger partial charge < -0.3 is 10.6 Å². The monoisotopic (exact) mass is 445 g/mol. The highest BCUT2D eigenvalue weighted by Gasteiger charge is 2.30. The molecule has 0 radical (unpaired) electrons. The van der Waals surface area contributed by atoms with Crippen molar-refractivity contribution in [3.8, 4) is 0 Å². The molecule has 0 bridgehead atoms. The zero-order chi connectivity index (χ0) is 22.4. The van der Waals surface area contributed by atoms with Gasteiger partial charge in [0.15, 0.2) is 15.8 Å². The van der Waals surface area contributed by atoms with Crippen LogP contribution in [0.15, 0.2) is 47.5 Å². The van der Waals surface area contributed by atoms with E-state index in [0.717, 1.165) is 18.4 Å². The summed E-state index contributed by atoms with van der Waals surface area (Å²) in [5, 5.41) is 5.92. The molecule has 0 amide bonds. The minimum absolute atomic E-state index is 0.00139. The maximum atomic E-state index is 13.6. The number of hydrogen-bond donors (Lipinski definition) is 2. The van der Waals surface area contributed by atoms with Crippen molar-refractivity contribution in [3.63, 3.8) is 0 Å². The molecule has 0 spiro atoms. The smallest absolute Gasteiger partial charge is 0.357 e. The maximum absolute atomic E-state index is 13.6. The number of hydrogen-bond acceptors (Lipinski definition) is 3. The van der Waals surface area contributed by atoms with E-state index < -0.39 is 27.4 Å². The second-order valence-electron chi connectivity index (χ2n) is 6.73. The molecule has 2 rings (SSSR count). The van der Waals surface area contributed by atoms with Gasteiger partial charge in [0.25, 0.3) is 0 Å². The van der Waals surface area contributed by atoms with E-state index in [0.29, 0.717) is 29.2 Å². The van der Waals surface area contributed by atoms with Gasteiger partial charge in [-0.1, -0.05) is 18.2 Å². The van der Waals surface area contributed by atoms with Crippen LogP contribution in [-0.4, -0.2) is 27.2 Å². The highest BCUT2D eigenvalue weighted by atomic mass is 32.2. The minimum atomic E-state index is -4.43. The largest absolute Gasteiger partial charge is 0.416 e. The zero-order valence-electron chi connectivity index (χ0n) is 16.6. The molecule has 0 saturated carbocycles. The molecule has 2 aromatic carbocycles. The summed E-state index contributed by atoms with van der Waals surface area (Å²) in [5.41, 5.74) is 0.536. The quantitative estimate of drug-likeness (QED) is 0.388. The Labute approximate surface area is 173 Å². The third kappa shape index (κ3) is 7.66. The molecule has 0 atom stereocenters. The van der Waals surface area contributed by atoms with Gasteiger partial charge in [-0.05, 0) is 47.9 Å². The van der Waals surface area contributed by atoms with Crippen LogP contribution in [0, 0.1) is 5.82 Å². The molecule has 0 unspecified atom stereocenters. The molecule has 164 valence electrons. The van der Waals surface area contributed by atoms with Gasteiger partial charge in [-0.3, -0.25) is 0 Å². The molecule has 5 nitrogen and oxygen atoms in total. The highest BCUT2D eigenvalue weighted by Crippen LogP contribution is 2.29. The molecule has 0 aliphatic heterocycles. The fourth-order valence-electron chi connectivity index (χ4n) is 2.72. The fraction of sp³-hybridized carbons (Fsp3) is 0.350. The first kappa shape index (κ1) is 23.7. The Hall–Kier alpha value is -2.62. The Kier molecular flexibility index (Phi) is 7.83. The first-order valence-electron chi connectivity index (χ1n) is 9.11. The third-order valence-corrected chi connectivity index (χ3v) is 4.89. The van der Waals surface area contributed by atoms with E-state index >= 15 is 0 Å².